The van der Waals surface area contributed by atoms with Crippen molar-refractivity contribution >= 4 is 0 Å². The zero-order valence-electron chi connectivity index (χ0n) is 12.3. The van der Waals surface area contributed by atoms with Gasteiger partial charge >= 0.3 is 0 Å². The second-order valence-corrected chi connectivity index (χ2v) is 6.82. The highest BCUT2D eigenvalue weighted by Gasteiger charge is 2.44. The van der Waals surface area contributed by atoms with Crippen molar-refractivity contribution in [3.63, 3.8) is 0 Å². The van der Waals surface area contributed by atoms with E-state index in [-0.39, 0.29) is 0 Å². The van der Waals surface area contributed by atoms with Crippen molar-refractivity contribution < 1.29 is 0 Å². The van der Waals surface area contributed by atoms with Crippen LogP contribution >= 0.6 is 0 Å². The van der Waals surface area contributed by atoms with Gasteiger partial charge in [0.2, 0.25) is 0 Å². The van der Waals surface area contributed by atoms with Gasteiger partial charge in [0.05, 0.1) is 0 Å². The van der Waals surface area contributed by atoms with Crippen molar-refractivity contribution in [3.05, 3.63) is 0 Å². The molecule has 0 bridgehead atoms. The van der Waals surface area contributed by atoms with Crippen molar-refractivity contribution in [2.75, 3.05) is 19.6 Å². The van der Waals surface area contributed by atoms with Crippen LogP contribution in [0.4, 0.5) is 0 Å². The Bertz CT molecular complexity index is 211. The SMILES string of the molecule is CC(C)C(CCN)CCCNCC1CC1(C)C. The Kier molecular flexibility index (Phi) is 5.94. The van der Waals surface area contributed by atoms with Gasteiger partial charge in [-0.3, -0.25) is 0 Å². The molecule has 0 aliphatic heterocycles. The quantitative estimate of drug-likeness (QED) is 0.608. The molecule has 1 aliphatic rings. The predicted octanol–water partition coefficient (Wildman–Crippen LogP) is 3.02. The average Bonchev–Trinajstić information content (AvgIpc) is 2.84. The normalized spacial score (nSPS) is 24.0. The van der Waals surface area contributed by atoms with Crippen LogP contribution < -0.4 is 11.1 Å². The second kappa shape index (κ2) is 6.75. The van der Waals surface area contributed by atoms with Gasteiger partial charge in [-0.05, 0) is 68.5 Å². The first-order valence-corrected chi connectivity index (χ1v) is 7.38. The van der Waals surface area contributed by atoms with Gasteiger partial charge in [0.15, 0.2) is 0 Å². The van der Waals surface area contributed by atoms with Crippen molar-refractivity contribution in [2.24, 2.45) is 28.9 Å². The summed E-state index contributed by atoms with van der Waals surface area (Å²) in [5.41, 5.74) is 6.28. The van der Waals surface area contributed by atoms with Gasteiger partial charge in [-0.1, -0.05) is 27.7 Å². The molecule has 0 aromatic rings. The summed E-state index contributed by atoms with van der Waals surface area (Å²) in [4.78, 5) is 0. The van der Waals surface area contributed by atoms with E-state index in [1.54, 1.807) is 0 Å². The molecule has 0 aromatic heterocycles. The minimum atomic E-state index is 0.618. The Balaban J connectivity index is 1.99. The van der Waals surface area contributed by atoms with Crippen LogP contribution in [0.1, 0.15) is 53.4 Å². The summed E-state index contributed by atoms with van der Waals surface area (Å²) in [6, 6.07) is 0. The third kappa shape index (κ3) is 5.39. The first-order chi connectivity index (χ1) is 7.97. The van der Waals surface area contributed by atoms with E-state index >= 15 is 0 Å². The van der Waals surface area contributed by atoms with Crippen LogP contribution in [0.3, 0.4) is 0 Å². The zero-order valence-corrected chi connectivity index (χ0v) is 12.3. The van der Waals surface area contributed by atoms with Crippen molar-refractivity contribution in [1.29, 1.82) is 0 Å². The lowest BCUT2D eigenvalue weighted by Gasteiger charge is -2.20. The van der Waals surface area contributed by atoms with Gasteiger partial charge in [0, 0.05) is 0 Å². The molecule has 2 heteroatoms. The molecule has 17 heavy (non-hydrogen) atoms. The largest absolute Gasteiger partial charge is 0.330 e. The van der Waals surface area contributed by atoms with Crippen molar-refractivity contribution in [3.8, 4) is 0 Å². The van der Waals surface area contributed by atoms with E-state index in [0.29, 0.717) is 5.41 Å². The monoisotopic (exact) mass is 240 g/mol. The lowest BCUT2D eigenvalue weighted by molar-refractivity contribution is 0.330. The molecule has 102 valence electrons. The van der Waals surface area contributed by atoms with E-state index in [2.05, 4.69) is 33.0 Å². The third-order valence-corrected chi connectivity index (χ3v) is 4.52. The van der Waals surface area contributed by atoms with E-state index in [9.17, 15) is 0 Å². The maximum Gasteiger partial charge on any atom is -0.00152 e. The molecule has 1 fully saturated rings. The Morgan fingerprint density at radius 1 is 1.29 bits per heavy atom. The van der Waals surface area contributed by atoms with Crippen LogP contribution in [-0.4, -0.2) is 19.6 Å². The second-order valence-electron chi connectivity index (χ2n) is 6.82. The molecule has 2 unspecified atom stereocenters. The highest BCUT2D eigenvalue weighted by molar-refractivity contribution is 4.95. The van der Waals surface area contributed by atoms with E-state index in [1.165, 1.54) is 38.8 Å². The van der Waals surface area contributed by atoms with Crippen molar-refractivity contribution in [2.45, 2.75) is 53.4 Å². The Hall–Kier alpha value is -0.0800. The van der Waals surface area contributed by atoms with Crippen LogP contribution in [-0.2, 0) is 0 Å². The molecular formula is C15H32N2. The Morgan fingerprint density at radius 2 is 1.94 bits per heavy atom. The predicted molar refractivity (Wildman–Crippen MR) is 76.0 cm³/mol. The molecule has 1 aliphatic carbocycles. The summed E-state index contributed by atoms with van der Waals surface area (Å²) in [6.07, 6.45) is 5.22. The minimum absolute atomic E-state index is 0.618. The first-order valence-electron chi connectivity index (χ1n) is 7.38. The molecule has 1 saturated carbocycles. The van der Waals surface area contributed by atoms with E-state index in [0.717, 1.165) is 24.3 Å². The van der Waals surface area contributed by atoms with Crippen LogP contribution in [0.5, 0.6) is 0 Å². The third-order valence-electron chi connectivity index (χ3n) is 4.52. The minimum Gasteiger partial charge on any atom is -0.330 e. The fraction of sp³-hybridized carbons (Fsp3) is 1.00. The van der Waals surface area contributed by atoms with Gasteiger partial charge in [0.25, 0.3) is 0 Å². The van der Waals surface area contributed by atoms with E-state index in [1.807, 2.05) is 0 Å². The fourth-order valence-corrected chi connectivity index (χ4v) is 2.72. The molecule has 0 aromatic carbocycles. The van der Waals surface area contributed by atoms with Crippen LogP contribution in [0.15, 0.2) is 0 Å². The highest BCUT2D eigenvalue weighted by atomic mass is 14.9. The van der Waals surface area contributed by atoms with Crippen molar-refractivity contribution in [1.82, 2.24) is 5.32 Å². The van der Waals surface area contributed by atoms with Gasteiger partial charge < -0.3 is 11.1 Å². The van der Waals surface area contributed by atoms with Gasteiger partial charge in [0.1, 0.15) is 0 Å². The number of hydrogen-bond donors (Lipinski definition) is 2. The van der Waals surface area contributed by atoms with Crippen LogP contribution in [0.2, 0.25) is 0 Å². The number of nitrogens with one attached hydrogen (secondary N) is 1. The molecular weight excluding hydrogens is 208 g/mol. The number of rotatable bonds is 9. The molecule has 1 rings (SSSR count). The number of nitrogens with two attached hydrogens (primary N) is 1. The summed E-state index contributed by atoms with van der Waals surface area (Å²) in [5, 5.41) is 3.61. The molecule has 0 amide bonds. The number of hydrogen-bond acceptors (Lipinski definition) is 2. The molecule has 0 spiro atoms. The molecule has 0 radical (unpaired) electrons. The summed E-state index contributed by atoms with van der Waals surface area (Å²) >= 11 is 0. The smallest absolute Gasteiger partial charge is 0.00152 e. The fourth-order valence-electron chi connectivity index (χ4n) is 2.72. The maximum absolute atomic E-state index is 5.66. The highest BCUT2D eigenvalue weighted by Crippen LogP contribution is 2.50. The zero-order chi connectivity index (χ0) is 12.9. The summed E-state index contributed by atoms with van der Waals surface area (Å²) in [6.45, 7) is 12.6. The molecule has 3 N–H and O–H groups in total. The molecule has 2 nitrogen and oxygen atoms in total. The average molecular weight is 240 g/mol. The van der Waals surface area contributed by atoms with Gasteiger partial charge in [-0.25, -0.2) is 0 Å². The lowest BCUT2D eigenvalue weighted by atomic mass is 9.88. The van der Waals surface area contributed by atoms with Crippen LogP contribution in [0.25, 0.3) is 0 Å². The summed E-state index contributed by atoms with van der Waals surface area (Å²) in [7, 11) is 0. The summed E-state index contributed by atoms with van der Waals surface area (Å²) < 4.78 is 0. The Labute approximate surface area is 108 Å². The Morgan fingerprint density at radius 3 is 2.41 bits per heavy atom. The topological polar surface area (TPSA) is 38.0 Å². The molecule has 0 saturated heterocycles. The summed E-state index contributed by atoms with van der Waals surface area (Å²) in [5.74, 6) is 2.52. The van der Waals surface area contributed by atoms with Crippen LogP contribution in [0, 0.1) is 23.2 Å². The lowest BCUT2D eigenvalue weighted by Crippen LogP contribution is -2.21. The standard InChI is InChI=1S/C15H32N2/c1-12(2)13(7-8-16)6-5-9-17-11-14-10-15(14,3)4/h12-14,17H,5-11,16H2,1-4H3. The van der Waals surface area contributed by atoms with Gasteiger partial charge in [-0.15, -0.1) is 0 Å². The molecule has 0 heterocycles. The van der Waals surface area contributed by atoms with E-state index < -0.39 is 0 Å². The first kappa shape index (κ1) is 15.0. The molecule has 2 atom stereocenters. The van der Waals surface area contributed by atoms with E-state index in [4.69, 9.17) is 5.73 Å². The maximum atomic E-state index is 5.66. The van der Waals surface area contributed by atoms with Gasteiger partial charge in [-0.2, -0.15) is 0 Å².